The van der Waals surface area contributed by atoms with Crippen LogP contribution in [0.5, 0.6) is 0 Å². The Bertz CT molecular complexity index is 299. The van der Waals surface area contributed by atoms with E-state index in [9.17, 15) is 9.59 Å². The van der Waals surface area contributed by atoms with Crippen LogP contribution in [0.1, 0.15) is 13.8 Å². The van der Waals surface area contributed by atoms with Gasteiger partial charge in [-0.05, 0) is 13.8 Å². The maximum absolute atomic E-state index is 10.5. The first kappa shape index (κ1) is 16.8. The zero-order valence-electron chi connectivity index (χ0n) is 11.8. The van der Waals surface area contributed by atoms with Crippen molar-refractivity contribution in [1.82, 2.24) is 21.3 Å². The molecule has 116 valence electrons. The van der Waals surface area contributed by atoms with Crippen molar-refractivity contribution in [2.75, 3.05) is 26.2 Å². The summed E-state index contributed by atoms with van der Waals surface area (Å²) in [4.78, 5) is 21.0. The fraction of sp³-hybridized carbons (Fsp3) is 0.833. The lowest BCUT2D eigenvalue weighted by Gasteiger charge is -2.27. The highest BCUT2D eigenvalue weighted by Gasteiger charge is 2.35. The average molecular weight is 288 g/mol. The van der Waals surface area contributed by atoms with E-state index in [4.69, 9.17) is 10.2 Å². The Labute approximate surface area is 118 Å². The molecular weight excluding hydrogens is 264 g/mol. The van der Waals surface area contributed by atoms with Gasteiger partial charge in [0.25, 0.3) is 0 Å². The third kappa shape index (κ3) is 5.41. The first-order valence-corrected chi connectivity index (χ1v) is 6.81. The molecular formula is C12H24N4O4. The molecule has 20 heavy (non-hydrogen) atoms. The molecule has 4 unspecified atom stereocenters. The summed E-state index contributed by atoms with van der Waals surface area (Å²) in [5, 5.41) is 29.1. The summed E-state index contributed by atoms with van der Waals surface area (Å²) in [6.45, 7) is 7.56. The summed E-state index contributed by atoms with van der Waals surface area (Å²) in [5.41, 5.74) is 0. The van der Waals surface area contributed by atoms with Gasteiger partial charge < -0.3 is 31.5 Å². The molecule has 8 heteroatoms. The summed E-state index contributed by atoms with van der Waals surface area (Å²) >= 11 is 0. The Balaban J connectivity index is 0.000000217. The molecule has 6 N–H and O–H groups in total. The molecule has 2 heterocycles. The molecule has 0 aliphatic carbocycles. The highest BCUT2D eigenvalue weighted by atomic mass is 16.4. The second-order valence-corrected chi connectivity index (χ2v) is 5.16. The maximum Gasteiger partial charge on any atom is 0.322 e. The Morgan fingerprint density at radius 3 is 1.40 bits per heavy atom. The van der Waals surface area contributed by atoms with Crippen molar-refractivity contribution in [1.29, 1.82) is 0 Å². The molecule has 0 radical (unpaired) electrons. The number of rotatable bonds is 2. The minimum atomic E-state index is -1.14. The van der Waals surface area contributed by atoms with Gasteiger partial charge in [0, 0.05) is 38.3 Å². The van der Waals surface area contributed by atoms with Crippen LogP contribution in [0.2, 0.25) is 0 Å². The smallest absolute Gasteiger partial charge is 0.322 e. The van der Waals surface area contributed by atoms with Crippen molar-refractivity contribution in [2.24, 2.45) is 0 Å². The Hall–Kier alpha value is -1.22. The molecule has 0 saturated carbocycles. The third-order valence-corrected chi connectivity index (χ3v) is 3.26. The van der Waals surface area contributed by atoms with Crippen LogP contribution in [0.15, 0.2) is 0 Å². The first-order chi connectivity index (χ1) is 9.41. The second-order valence-electron chi connectivity index (χ2n) is 5.16. The number of piperazine rings is 2. The molecule has 0 aromatic carbocycles. The summed E-state index contributed by atoms with van der Waals surface area (Å²) in [6, 6.07) is -0.745. The Morgan fingerprint density at radius 1 is 0.800 bits per heavy atom. The van der Waals surface area contributed by atoms with Crippen molar-refractivity contribution in [3.63, 3.8) is 0 Å². The molecule has 2 aliphatic heterocycles. The minimum absolute atomic E-state index is 0.473. The van der Waals surface area contributed by atoms with Crippen LogP contribution in [0.3, 0.4) is 0 Å². The van der Waals surface area contributed by atoms with Crippen molar-refractivity contribution >= 4 is 11.9 Å². The van der Waals surface area contributed by atoms with E-state index in [1.54, 1.807) is 0 Å². The van der Waals surface area contributed by atoms with Gasteiger partial charge in [0.15, 0.2) is 0 Å². The van der Waals surface area contributed by atoms with Crippen molar-refractivity contribution in [2.45, 2.75) is 38.0 Å². The van der Waals surface area contributed by atoms with Crippen LogP contribution >= 0.6 is 0 Å². The molecule has 2 aliphatic rings. The number of hydrogen-bond acceptors (Lipinski definition) is 6. The number of carboxylic acids is 2. The van der Waals surface area contributed by atoms with E-state index in [-0.39, 0.29) is 0 Å². The normalized spacial score (nSPS) is 33.7. The number of hydrogen-bond donors (Lipinski definition) is 6. The molecule has 0 bridgehead atoms. The van der Waals surface area contributed by atoms with Crippen LogP contribution in [-0.2, 0) is 9.59 Å². The number of carboxylic acid groups (broad SMARTS) is 2. The SMILES string of the molecule is CC1CNC(C)CN1.O=C(O)C1NCCNC1C(=O)O. The van der Waals surface area contributed by atoms with Gasteiger partial charge in [-0.15, -0.1) is 0 Å². The van der Waals surface area contributed by atoms with Gasteiger partial charge in [0.1, 0.15) is 12.1 Å². The highest BCUT2D eigenvalue weighted by molar-refractivity contribution is 5.85. The number of nitrogens with one attached hydrogen (secondary N) is 4. The first-order valence-electron chi connectivity index (χ1n) is 6.81. The molecule has 2 rings (SSSR count). The van der Waals surface area contributed by atoms with Crippen molar-refractivity contribution in [3.8, 4) is 0 Å². The summed E-state index contributed by atoms with van der Waals surface area (Å²) in [5.74, 6) is -2.29. The molecule has 0 spiro atoms. The number of carbonyl (C=O) groups is 2. The lowest BCUT2D eigenvalue weighted by molar-refractivity contribution is -0.149. The zero-order chi connectivity index (χ0) is 15.1. The fourth-order valence-corrected chi connectivity index (χ4v) is 2.05. The molecule has 4 atom stereocenters. The van der Waals surface area contributed by atoms with E-state index in [1.165, 1.54) is 0 Å². The third-order valence-electron chi connectivity index (χ3n) is 3.26. The predicted octanol–water partition coefficient (Wildman–Crippen LogP) is -1.96. The van der Waals surface area contributed by atoms with Gasteiger partial charge in [-0.25, -0.2) is 0 Å². The van der Waals surface area contributed by atoms with E-state index in [1.807, 2.05) is 0 Å². The monoisotopic (exact) mass is 288 g/mol. The second kappa shape index (κ2) is 8.15. The Kier molecular flexibility index (Phi) is 6.86. The van der Waals surface area contributed by atoms with Crippen LogP contribution in [0, 0.1) is 0 Å². The molecule has 2 saturated heterocycles. The summed E-state index contributed by atoms with van der Waals surface area (Å²) in [7, 11) is 0. The van der Waals surface area contributed by atoms with E-state index in [0.29, 0.717) is 25.2 Å². The zero-order valence-corrected chi connectivity index (χ0v) is 11.8. The van der Waals surface area contributed by atoms with Crippen LogP contribution in [0.25, 0.3) is 0 Å². The molecule has 0 amide bonds. The standard InChI is InChI=1S/C6H10N2O4.C6H14N2/c9-5(10)3-4(6(11)12)8-2-1-7-3;1-5-3-8-6(2)4-7-5/h3-4,7-8H,1-2H2,(H,9,10)(H,11,12);5-8H,3-4H2,1-2H3. The van der Waals surface area contributed by atoms with Crippen molar-refractivity contribution < 1.29 is 19.8 Å². The average Bonchev–Trinajstić information content (AvgIpc) is 2.42. The van der Waals surface area contributed by atoms with Gasteiger partial charge in [-0.1, -0.05) is 0 Å². The van der Waals surface area contributed by atoms with E-state index < -0.39 is 24.0 Å². The van der Waals surface area contributed by atoms with E-state index in [0.717, 1.165) is 13.1 Å². The van der Waals surface area contributed by atoms with Gasteiger partial charge in [0.2, 0.25) is 0 Å². The van der Waals surface area contributed by atoms with Crippen LogP contribution in [0.4, 0.5) is 0 Å². The quantitative estimate of drug-likeness (QED) is 0.346. The highest BCUT2D eigenvalue weighted by Crippen LogP contribution is 1.98. The molecule has 0 aromatic rings. The molecule has 0 aromatic heterocycles. The maximum atomic E-state index is 10.5. The lowest BCUT2D eigenvalue weighted by Crippen LogP contribution is -2.62. The topological polar surface area (TPSA) is 123 Å². The largest absolute Gasteiger partial charge is 0.480 e. The van der Waals surface area contributed by atoms with E-state index in [2.05, 4.69) is 35.1 Å². The van der Waals surface area contributed by atoms with Crippen LogP contribution in [-0.4, -0.2) is 72.5 Å². The summed E-state index contributed by atoms with van der Waals surface area (Å²) in [6.07, 6.45) is 0. The minimum Gasteiger partial charge on any atom is -0.480 e. The lowest BCUT2D eigenvalue weighted by atomic mass is 10.1. The van der Waals surface area contributed by atoms with Gasteiger partial charge >= 0.3 is 11.9 Å². The van der Waals surface area contributed by atoms with Gasteiger partial charge in [0.05, 0.1) is 0 Å². The number of aliphatic carboxylic acids is 2. The fourth-order valence-electron chi connectivity index (χ4n) is 2.05. The Morgan fingerprint density at radius 2 is 1.15 bits per heavy atom. The predicted molar refractivity (Wildman–Crippen MR) is 73.8 cm³/mol. The summed E-state index contributed by atoms with van der Waals surface area (Å²) < 4.78 is 0. The molecule has 2 fully saturated rings. The van der Waals surface area contributed by atoms with Gasteiger partial charge in [-0.3, -0.25) is 9.59 Å². The van der Waals surface area contributed by atoms with E-state index >= 15 is 0 Å². The van der Waals surface area contributed by atoms with Gasteiger partial charge in [-0.2, -0.15) is 0 Å². The van der Waals surface area contributed by atoms with Crippen molar-refractivity contribution in [3.05, 3.63) is 0 Å². The van der Waals surface area contributed by atoms with Crippen LogP contribution < -0.4 is 21.3 Å². The molecule has 8 nitrogen and oxygen atoms in total.